The van der Waals surface area contributed by atoms with Gasteiger partial charge in [-0.1, -0.05) is 54.6 Å². The van der Waals surface area contributed by atoms with E-state index in [2.05, 4.69) is 69.9 Å². The quantitative estimate of drug-likeness (QED) is 0.205. The van der Waals surface area contributed by atoms with Gasteiger partial charge in [-0.15, -0.1) is 11.3 Å². The predicted octanol–water partition coefficient (Wildman–Crippen LogP) is 6.00. The van der Waals surface area contributed by atoms with Crippen molar-refractivity contribution in [2.45, 2.75) is 39.5 Å². The largest absolute Gasteiger partial charge is 0.367 e. The molecule has 0 saturated carbocycles. The first-order valence-electron chi connectivity index (χ1n) is 15.1. The van der Waals surface area contributed by atoms with E-state index in [0.29, 0.717) is 24.5 Å². The van der Waals surface area contributed by atoms with Crippen molar-refractivity contribution < 1.29 is 9.59 Å². The Balaban J connectivity index is 1.43. The molecule has 4 N–H and O–H groups in total. The van der Waals surface area contributed by atoms with Crippen LogP contribution in [0.3, 0.4) is 0 Å². The van der Waals surface area contributed by atoms with Crippen LogP contribution in [0.2, 0.25) is 0 Å². The highest BCUT2D eigenvalue weighted by Crippen LogP contribution is 2.33. The molecule has 8 nitrogen and oxygen atoms in total. The third kappa shape index (κ3) is 8.05. The molecule has 1 saturated heterocycles. The molecule has 1 aromatic heterocycles. The molecule has 1 aliphatic heterocycles. The van der Waals surface area contributed by atoms with Crippen molar-refractivity contribution in [2.24, 2.45) is 5.73 Å². The van der Waals surface area contributed by atoms with Crippen molar-refractivity contribution in [1.29, 1.82) is 0 Å². The van der Waals surface area contributed by atoms with Crippen LogP contribution in [0.25, 0.3) is 11.1 Å². The SMILES string of the molecule is CC(C)NC(=O)Nc1cc(-c2cccc(CN(Cc3cccc(CN)c3)C(=O)c3cccs3)c2)ccc1N1CCN(C)CC1. The monoisotopic (exact) mass is 610 g/mol. The Morgan fingerprint density at radius 2 is 1.55 bits per heavy atom. The van der Waals surface area contributed by atoms with Crippen molar-refractivity contribution in [3.8, 4) is 11.1 Å². The fraction of sp³-hybridized carbons (Fsp3) is 0.314. The maximum absolute atomic E-state index is 13.6. The smallest absolute Gasteiger partial charge is 0.319 e. The molecule has 0 spiro atoms. The van der Waals surface area contributed by atoms with Crippen LogP contribution in [-0.4, -0.2) is 61.0 Å². The molecule has 0 radical (unpaired) electrons. The lowest BCUT2D eigenvalue weighted by atomic mass is 10.0. The van der Waals surface area contributed by atoms with Crippen LogP contribution in [0, 0.1) is 0 Å². The molecular formula is C35H42N6O2S. The van der Waals surface area contributed by atoms with Crippen molar-refractivity contribution in [1.82, 2.24) is 15.1 Å². The van der Waals surface area contributed by atoms with Gasteiger partial charge in [-0.05, 0) is 78.4 Å². The zero-order valence-corrected chi connectivity index (χ0v) is 26.6. The predicted molar refractivity (Wildman–Crippen MR) is 181 cm³/mol. The van der Waals surface area contributed by atoms with Crippen LogP contribution in [0.1, 0.15) is 40.2 Å². The van der Waals surface area contributed by atoms with Crippen molar-refractivity contribution in [3.63, 3.8) is 0 Å². The number of nitrogens with zero attached hydrogens (tertiary/aromatic N) is 3. The lowest BCUT2D eigenvalue weighted by molar-refractivity contribution is 0.0735. The molecule has 1 aliphatic rings. The standard InChI is InChI=1S/C35H42N6O2S/c1-25(2)37-35(43)38-31-21-30(12-13-32(31)40-16-14-39(3)15-17-40)29-10-5-9-28(20-29)24-41(34(42)33-11-6-18-44-33)23-27-8-4-7-26(19-27)22-36/h4-13,18-21,25H,14-17,22-24,36H2,1-3H3,(H2,37,38,43). The summed E-state index contributed by atoms with van der Waals surface area (Å²) in [6, 6.07) is 26.3. The number of nitrogens with one attached hydrogen (secondary N) is 2. The Labute approximate surface area is 264 Å². The van der Waals surface area contributed by atoms with E-state index >= 15 is 0 Å². The average Bonchev–Trinajstić information content (AvgIpc) is 3.56. The summed E-state index contributed by atoms with van der Waals surface area (Å²) in [6.45, 7) is 9.03. The number of piperazine rings is 1. The molecule has 44 heavy (non-hydrogen) atoms. The fourth-order valence-corrected chi connectivity index (χ4v) is 6.15. The van der Waals surface area contributed by atoms with E-state index in [9.17, 15) is 9.59 Å². The highest BCUT2D eigenvalue weighted by Gasteiger charge is 2.21. The van der Waals surface area contributed by atoms with Crippen LogP contribution in [0.15, 0.2) is 84.2 Å². The Morgan fingerprint density at radius 3 is 2.23 bits per heavy atom. The molecule has 9 heteroatoms. The van der Waals surface area contributed by atoms with Gasteiger partial charge in [0, 0.05) is 51.9 Å². The minimum absolute atomic E-state index is 0.00253. The molecule has 4 aromatic rings. The first-order chi connectivity index (χ1) is 21.3. The van der Waals surface area contributed by atoms with Gasteiger partial charge in [0.1, 0.15) is 0 Å². The Morgan fingerprint density at radius 1 is 0.864 bits per heavy atom. The molecule has 3 aromatic carbocycles. The third-order valence-electron chi connectivity index (χ3n) is 7.76. The minimum atomic E-state index is -0.220. The van der Waals surface area contributed by atoms with Gasteiger partial charge in [0.25, 0.3) is 5.91 Å². The van der Waals surface area contributed by atoms with Crippen LogP contribution in [-0.2, 0) is 19.6 Å². The topological polar surface area (TPSA) is 93.9 Å². The van der Waals surface area contributed by atoms with Crippen molar-refractivity contribution in [3.05, 3.63) is 106 Å². The summed E-state index contributed by atoms with van der Waals surface area (Å²) >= 11 is 1.45. The normalized spacial score (nSPS) is 13.6. The number of urea groups is 1. The first kappa shape index (κ1) is 31.3. The molecule has 0 unspecified atom stereocenters. The van der Waals surface area contributed by atoms with Gasteiger partial charge in [0.2, 0.25) is 0 Å². The molecule has 5 rings (SSSR count). The lowest BCUT2D eigenvalue weighted by Crippen LogP contribution is -2.45. The zero-order chi connectivity index (χ0) is 31.1. The number of rotatable bonds is 10. The fourth-order valence-electron chi connectivity index (χ4n) is 5.46. The summed E-state index contributed by atoms with van der Waals surface area (Å²) in [5.41, 5.74) is 12.8. The summed E-state index contributed by atoms with van der Waals surface area (Å²) in [6.07, 6.45) is 0. The van der Waals surface area contributed by atoms with Crippen molar-refractivity contribution >= 4 is 34.6 Å². The second-order valence-electron chi connectivity index (χ2n) is 11.6. The lowest BCUT2D eigenvalue weighted by Gasteiger charge is -2.35. The minimum Gasteiger partial charge on any atom is -0.367 e. The molecular weight excluding hydrogens is 568 g/mol. The first-order valence-corrected chi connectivity index (χ1v) is 16.0. The summed E-state index contributed by atoms with van der Waals surface area (Å²) in [5, 5.41) is 7.99. The second kappa shape index (κ2) is 14.5. The number of nitrogens with two attached hydrogens (primary N) is 1. The molecule has 1 fully saturated rings. The van der Waals surface area contributed by atoms with Crippen molar-refractivity contribution in [2.75, 3.05) is 43.4 Å². The molecule has 3 amide bonds. The summed E-state index contributed by atoms with van der Waals surface area (Å²) in [7, 11) is 2.13. The van der Waals surface area contributed by atoms with E-state index in [-0.39, 0.29) is 18.0 Å². The molecule has 2 heterocycles. The third-order valence-corrected chi connectivity index (χ3v) is 8.62. The molecule has 230 valence electrons. The van der Waals surface area contributed by atoms with Gasteiger partial charge in [-0.3, -0.25) is 4.79 Å². The van der Waals surface area contributed by atoms with Crippen LogP contribution in [0.4, 0.5) is 16.2 Å². The van der Waals surface area contributed by atoms with Crippen LogP contribution >= 0.6 is 11.3 Å². The Kier molecular flexibility index (Phi) is 10.3. The van der Waals surface area contributed by atoms with Gasteiger partial charge >= 0.3 is 6.03 Å². The zero-order valence-electron chi connectivity index (χ0n) is 25.8. The highest BCUT2D eigenvalue weighted by atomic mass is 32.1. The molecule has 0 bridgehead atoms. The number of carbonyl (C=O) groups is 2. The van der Waals surface area contributed by atoms with E-state index in [1.54, 1.807) is 0 Å². The van der Waals surface area contributed by atoms with Crippen LogP contribution < -0.4 is 21.3 Å². The van der Waals surface area contributed by atoms with Gasteiger partial charge in [0.05, 0.1) is 16.3 Å². The van der Waals surface area contributed by atoms with Gasteiger partial charge < -0.3 is 31.1 Å². The molecule has 0 aliphatic carbocycles. The Hall–Kier alpha value is -4.18. The maximum atomic E-state index is 13.6. The summed E-state index contributed by atoms with van der Waals surface area (Å²) in [5.74, 6) is 0.00253. The number of carbonyl (C=O) groups excluding carboxylic acids is 2. The second-order valence-corrected chi connectivity index (χ2v) is 12.6. The number of thiophene rings is 1. The number of likely N-dealkylation sites (N-methyl/N-ethyl adjacent to an activating group) is 1. The van der Waals surface area contributed by atoms with Gasteiger partial charge in [-0.25, -0.2) is 4.79 Å². The summed E-state index contributed by atoms with van der Waals surface area (Å²) < 4.78 is 0. The van der Waals surface area contributed by atoms with E-state index in [1.807, 2.05) is 60.5 Å². The number of hydrogen-bond donors (Lipinski definition) is 3. The van der Waals surface area contributed by atoms with E-state index < -0.39 is 0 Å². The van der Waals surface area contributed by atoms with E-state index in [1.165, 1.54) is 11.3 Å². The van der Waals surface area contributed by atoms with E-state index in [0.717, 1.165) is 65.4 Å². The number of benzene rings is 3. The number of hydrogen-bond acceptors (Lipinski definition) is 6. The van der Waals surface area contributed by atoms with Gasteiger partial charge in [-0.2, -0.15) is 0 Å². The average molecular weight is 611 g/mol. The highest BCUT2D eigenvalue weighted by molar-refractivity contribution is 7.12. The maximum Gasteiger partial charge on any atom is 0.319 e. The molecule has 0 atom stereocenters. The summed E-state index contributed by atoms with van der Waals surface area (Å²) in [4.78, 5) is 33.7. The number of amides is 3. The number of anilines is 2. The Bertz CT molecular complexity index is 1560. The van der Waals surface area contributed by atoms with Crippen LogP contribution in [0.5, 0.6) is 0 Å². The van der Waals surface area contributed by atoms with Gasteiger partial charge in [0.15, 0.2) is 0 Å². The van der Waals surface area contributed by atoms with E-state index in [4.69, 9.17) is 5.73 Å².